The maximum Gasteiger partial charge on any atom is 0.317 e. The van der Waals surface area contributed by atoms with E-state index in [0.717, 1.165) is 0 Å². The summed E-state index contributed by atoms with van der Waals surface area (Å²) >= 11 is 0. The summed E-state index contributed by atoms with van der Waals surface area (Å²) in [4.78, 5) is 12.5. The highest BCUT2D eigenvalue weighted by molar-refractivity contribution is 5.69. The first-order valence-corrected chi connectivity index (χ1v) is 5.40. The Morgan fingerprint density at radius 3 is 2.25 bits per heavy atom. The van der Waals surface area contributed by atoms with Gasteiger partial charge in [0.05, 0.1) is 6.54 Å². The van der Waals surface area contributed by atoms with E-state index in [9.17, 15) is 4.79 Å². The molecule has 1 atom stereocenters. The van der Waals surface area contributed by atoms with Gasteiger partial charge in [0.15, 0.2) is 0 Å². The van der Waals surface area contributed by atoms with Crippen molar-refractivity contribution in [1.29, 1.82) is 0 Å². The zero-order valence-corrected chi connectivity index (χ0v) is 10.3. The molecule has 0 radical (unpaired) electrons. The molecule has 3 nitrogen and oxygen atoms in total. The van der Waals surface area contributed by atoms with Crippen LogP contribution in [0.1, 0.15) is 29.7 Å². The monoisotopic (exact) mass is 221 g/mol. The SMILES string of the molecule is Cc1cc(C)cc(C(C)N(C)CC(=O)O)c1. The van der Waals surface area contributed by atoms with Crippen LogP contribution in [0, 0.1) is 13.8 Å². The minimum atomic E-state index is -0.793. The van der Waals surface area contributed by atoms with E-state index in [1.54, 1.807) is 0 Å². The fourth-order valence-electron chi connectivity index (χ4n) is 1.86. The number of aliphatic carboxylic acids is 1. The van der Waals surface area contributed by atoms with Gasteiger partial charge in [-0.2, -0.15) is 0 Å². The third-order valence-electron chi connectivity index (χ3n) is 2.77. The number of carboxylic acids is 1. The third-order valence-corrected chi connectivity index (χ3v) is 2.77. The van der Waals surface area contributed by atoms with Crippen LogP contribution in [0.3, 0.4) is 0 Å². The van der Waals surface area contributed by atoms with E-state index in [4.69, 9.17) is 5.11 Å². The van der Waals surface area contributed by atoms with Crippen molar-refractivity contribution in [3.05, 3.63) is 34.9 Å². The summed E-state index contributed by atoms with van der Waals surface area (Å²) in [5, 5.41) is 8.75. The van der Waals surface area contributed by atoms with Crippen LogP contribution in [0.4, 0.5) is 0 Å². The first kappa shape index (κ1) is 12.7. The molecule has 0 aromatic heterocycles. The fourth-order valence-corrected chi connectivity index (χ4v) is 1.86. The molecule has 1 N–H and O–H groups in total. The third kappa shape index (κ3) is 3.35. The Balaban J connectivity index is 2.86. The van der Waals surface area contributed by atoms with E-state index in [-0.39, 0.29) is 12.6 Å². The van der Waals surface area contributed by atoms with E-state index in [2.05, 4.69) is 32.0 Å². The van der Waals surface area contributed by atoms with Gasteiger partial charge in [0.25, 0.3) is 0 Å². The van der Waals surface area contributed by atoms with Gasteiger partial charge in [-0.05, 0) is 33.4 Å². The molecule has 0 heterocycles. The van der Waals surface area contributed by atoms with Crippen LogP contribution in [0.5, 0.6) is 0 Å². The average molecular weight is 221 g/mol. The number of aryl methyl sites for hydroxylation is 2. The molecule has 0 aliphatic rings. The molecule has 0 spiro atoms. The smallest absolute Gasteiger partial charge is 0.317 e. The Labute approximate surface area is 96.7 Å². The highest BCUT2D eigenvalue weighted by Gasteiger charge is 2.14. The molecule has 0 aliphatic heterocycles. The van der Waals surface area contributed by atoms with Gasteiger partial charge in [-0.25, -0.2) is 0 Å². The van der Waals surface area contributed by atoms with Gasteiger partial charge in [-0.1, -0.05) is 29.3 Å². The van der Waals surface area contributed by atoms with Crippen LogP contribution in [-0.4, -0.2) is 29.6 Å². The summed E-state index contributed by atoms with van der Waals surface area (Å²) in [6, 6.07) is 6.45. The van der Waals surface area contributed by atoms with Gasteiger partial charge in [-0.15, -0.1) is 0 Å². The summed E-state index contributed by atoms with van der Waals surface area (Å²) in [5.41, 5.74) is 3.59. The maximum atomic E-state index is 10.6. The second-order valence-electron chi connectivity index (χ2n) is 4.41. The minimum absolute atomic E-state index is 0.0636. The summed E-state index contributed by atoms with van der Waals surface area (Å²) in [5.74, 6) is -0.793. The minimum Gasteiger partial charge on any atom is -0.480 e. The molecular formula is C13H19NO2. The molecule has 0 saturated carbocycles. The van der Waals surface area contributed by atoms with Crippen molar-refractivity contribution in [2.24, 2.45) is 0 Å². The second kappa shape index (κ2) is 5.12. The van der Waals surface area contributed by atoms with E-state index < -0.39 is 5.97 Å². The maximum absolute atomic E-state index is 10.6. The van der Waals surface area contributed by atoms with Crippen LogP contribution < -0.4 is 0 Å². The molecular weight excluding hydrogens is 202 g/mol. The van der Waals surface area contributed by atoms with E-state index in [1.165, 1.54) is 16.7 Å². The summed E-state index contributed by atoms with van der Waals surface area (Å²) in [6.07, 6.45) is 0. The van der Waals surface area contributed by atoms with Crippen molar-refractivity contribution in [3.63, 3.8) is 0 Å². The second-order valence-corrected chi connectivity index (χ2v) is 4.41. The van der Waals surface area contributed by atoms with Gasteiger partial charge in [-0.3, -0.25) is 9.69 Å². The average Bonchev–Trinajstić information content (AvgIpc) is 2.13. The number of likely N-dealkylation sites (N-methyl/N-ethyl adjacent to an activating group) is 1. The standard InChI is InChI=1S/C13H19NO2/c1-9-5-10(2)7-12(6-9)11(3)14(4)8-13(15)16/h5-7,11H,8H2,1-4H3,(H,15,16). The molecule has 1 rings (SSSR count). The lowest BCUT2D eigenvalue weighted by Crippen LogP contribution is -2.28. The van der Waals surface area contributed by atoms with E-state index in [0.29, 0.717) is 0 Å². The molecule has 0 aliphatic carbocycles. The van der Waals surface area contributed by atoms with Crippen molar-refractivity contribution >= 4 is 5.97 Å². The number of nitrogens with zero attached hydrogens (tertiary/aromatic N) is 1. The fraction of sp³-hybridized carbons (Fsp3) is 0.462. The molecule has 0 fully saturated rings. The predicted molar refractivity (Wildman–Crippen MR) is 64.6 cm³/mol. The molecule has 1 aromatic carbocycles. The predicted octanol–water partition coefficient (Wildman–Crippen LogP) is 2.38. The van der Waals surface area contributed by atoms with Gasteiger partial charge in [0, 0.05) is 6.04 Å². The summed E-state index contributed by atoms with van der Waals surface area (Å²) in [6.45, 7) is 6.20. The Hall–Kier alpha value is -1.35. The lowest BCUT2D eigenvalue weighted by molar-refractivity contribution is -0.138. The van der Waals surface area contributed by atoms with Crippen molar-refractivity contribution in [2.45, 2.75) is 26.8 Å². The molecule has 0 amide bonds. The zero-order valence-electron chi connectivity index (χ0n) is 10.3. The zero-order chi connectivity index (χ0) is 12.3. The van der Waals surface area contributed by atoms with E-state index in [1.807, 2.05) is 18.9 Å². The quantitative estimate of drug-likeness (QED) is 0.848. The van der Waals surface area contributed by atoms with Crippen LogP contribution in [0.15, 0.2) is 18.2 Å². The van der Waals surface area contributed by atoms with Crippen LogP contribution in [0.2, 0.25) is 0 Å². The first-order valence-electron chi connectivity index (χ1n) is 5.40. The van der Waals surface area contributed by atoms with Gasteiger partial charge >= 0.3 is 5.97 Å². The largest absolute Gasteiger partial charge is 0.480 e. The van der Waals surface area contributed by atoms with Crippen molar-refractivity contribution in [2.75, 3.05) is 13.6 Å². The summed E-state index contributed by atoms with van der Waals surface area (Å²) in [7, 11) is 1.83. The van der Waals surface area contributed by atoms with E-state index >= 15 is 0 Å². The molecule has 88 valence electrons. The number of benzene rings is 1. The van der Waals surface area contributed by atoms with Gasteiger partial charge in [0.1, 0.15) is 0 Å². The lowest BCUT2D eigenvalue weighted by atomic mass is 10.0. The van der Waals surface area contributed by atoms with Crippen LogP contribution in [0.25, 0.3) is 0 Å². The Kier molecular flexibility index (Phi) is 4.07. The number of carboxylic acid groups (broad SMARTS) is 1. The van der Waals surface area contributed by atoms with Crippen molar-refractivity contribution in [3.8, 4) is 0 Å². The molecule has 0 saturated heterocycles. The molecule has 0 bridgehead atoms. The molecule has 3 heteroatoms. The first-order chi connectivity index (χ1) is 7.40. The molecule has 16 heavy (non-hydrogen) atoms. The Morgan fingerprint density at radius 1 is 1.31 bits per heavy atom. The number of hydrogen-bond donors (Lipinski definition) is 1. The molecule has 1 aromatic rings. The Bertz CT molecular complexity index is 367. The van der Waals surface area contributed by atoms with Crippen LogP contribution >= 0.6 is 0 Å². The number of carbonyl (C=O) groups is 1. The van der Waals surface area contributed by atoms with Crippen molar-refractivity contribution < 1.29 is 9.90 Å². The van der Waals surface area contributed by atoms with Gasteiger partial charge in [0.2, 0.25) is 0 Å². The van der Waals surface area contributed by atoms with Gasteiger partial charge < -0.3 is 5.11 Å². The Morgan fingerprint density at radius 2 is 1.81 bits per heavy atom. The topological polar surface area (TPSA) is 40.5 Å². The highest BCUT2D eigenvalue weighted by Crippen LogP contribution is 2.20. The number of rotatable bonds is 4. The number of hydrogen-bond acceptors (Lipinski definition) is 2. The molecule has 1 unspecified atom stereocenters. The summed E-state index contributed by atoms with van der Waals surface area (Å²) < 4.78 is 0. The van der Waals surface area contributed by atoms with Crippen LogP contribution in [-0.2, 0) is 4.79 Å². The van der Waals surface area contributed by atoms with Crippen molar-refractivity contribution in [1.82, 2.24) is 4.90 Å². The highest BCUT2D eigenvalue weighted by atomic mass is 16.4. The lowest BCUT2D eigenvalue weighted by Gasteiger charge is -2.23. The normalized spacial score (nSPS) is 12.8.